The van der Waals surface area contributed by atoms with E-state index >= 15 is 0 Å². The lowest BCUT2D eigenvalue weighted by molar-refractivity contribution is -0.118. The third-order valence-electron chi connectivity index (χ3n) is 2.47. The number of nitrogens with one attached hydrogen (secondary N) is 1. The van der Waals surface area contributed by atoms with Crippen molar-refractivity contribution in [3.8, 4) is 0 Å². The zero-order valence-corrected chi connectivity index (χ0v) is 11.6. The standard InChI is InChI=1S/C13H20N2O2S/c1-3-18-12-7-5-4-6-11(12)15-13(16)8-10(9-14)17-2/h4-7,10H,3,8-9,14H2,1-2H3,(H,15,16). The Morgan fingerprint density at radius 3 is 2.83 bits per heavy atom. The largest absolute Gasteiger partial charge is 0.380 e. The van der Waals surface area contributed by atoms with Crippen LogP contribution >= 0.6 is 11.8 Å². The Morgan fingerprint density at radius 1 is 1.50 bits per heavy atom. The van der Waals surface area contributed by atoms with Gasteiger partial charge in [-0.2, -0.15) is 0 Å². The number of para-hydroxylation sites is 1. The minimum atomic E-state index is -0.226. The molecule has 1 aromatic carbocycles. The molecule has 0 saturated heterocycles. The Kier molecular flexibility index (Phi) is 6.78. The van der Waals surface area contributed by atoms with Crippen molar-refractivity contribution in [1.82, 2.24) is 0 Å². The first kappa shape index (κ1) is 15.0. The van der Waals surface area contributed by atoms with Gasteiger partial charge in [0.2, 0.25) is 5.91 Å². The zero-order valence-electron chi connectivity index (χ0n) is 10.8. The second-order valence-corrected chi connectivity index (χ2v) is 5.08. The monoisotopic (exact) mass is 268 g/mol. The van der Waals surface area contributed by atoms with Crippen molar-refractivity contribution >= 4 is 23.4 Å². The fourth-order valence-electron chi connectivity index (χ4n) is 1.52. The topological polar surface area (TPSA) is 64.4 Å². The van der Waals surface area contributed by atoms with E-state index in [4.69, 9.17) is 10.5 Å². The van der Waals surface area contributed by atoms with E-state index in [1.165, 1.54) is 0 Å². The number of amides is 1. The molecule has 4 nitrogen and oxygen atoms in total. The zero-order chi connectivity index (χ0) is 13.4. The van der Waals surface area contributed by atoms with Gasteiger partial charge < -0.3 is 15.8 Å². The number of hydrogen-bond donors (Lipinski definition) is 2. The van der Waals surface area contributed by atoms with E-state index in [1.807, 2.05) is 24.3 Å². The van der Waals surface area contributed by atoms with Gasteiger partial charge in [-0.05, 0) is 17.9 Å². The summed E-state index contributed by atoms with van der Waals surface area (Å²) < 4.78 is 5.09. The molecule has 0 fully saturated rings. The molecule has 18 heavy (non-hydrogen) atoms. The first-order valence-corrected chi connectivity index (χ1v) is 6.94. The number of carbonyl (C=O) groups is 1. The number of hydrogen-bond acceptors (Lipinski definition) is 4. The van der Waals surface area contributed by atoms with Gasteiger partial charge in [-0.1, -0.05) is 19.1 Å². The van der Waals surface area contributed by atoms with Crippen LogP contribution in [0.3, 0.4) is 0 Å². The van der Waals surface area contributed by atoms with E-state index in [1.54, 1.807) is 18.9 Å². The quantitative estimate of drug-likeness (QED) is 0.743. The van der Waals surface area contributed by atoms with Gasteiger partial charge in [0.05, 0.1) is 18.2 Å². The summed E-state index contributed by atoms with van der Waals surface area (Å²) in [5, 5.41) is 2.90. The number of nitrogens with two attached hydrogens (primary N) is 1. The summed E-state index contributed by atoms with van der Waals surface area (Å²) in [4.78, 5) is 12.9. The average Bonchev–Trinajstić information content (AvgIpc) is 2.38. The van der Waals surface area contributed by atoms with E-state index in [0.29, 0.717) is 6.54 Å². The molecular formula is C13H20N2O2S. The summed E-state index contributed by atoms with van der Waals surface area (Å²) in [5.41, 5.74) is 6.34. The maximum Gasteiger partial charge on any atom is 0.227 e. The van der Waals surface area contributed by atoms with Crippen molar-refractivity contribution < 1.29 is 9.53 Å². The molecule has 0 saturated carbocycles. The van der Waals surface area contributed by atoms with Gasteiger partial charge in [-0.25, -0.2) is 0 Å². The predicted octanol–water partition coefficient (Wildman–Crippen LogP) is 2.10. The molecule has 0 heterocycles. The number of rotatable bonds is 7. The van der Waals surface area contributed by atoms with Crippen molar-refractivity contribution in [2.24, 2.45) is 5.73 Å². The molecule has 1 unspecified atom stereocenters. The highest BCUT2D eigenvalue weighted by molar-refractivity contribution is 7.99. The Hall–Kier alpha value is -1.04. The highest BCUT2D eigenvalue weighted by atomic mass is 32.2. The van der Waals surface area contributed by atoms with Crippen LogP contribution in [-0.2, 0) is 9.53 Å². The molecule has 1 amide bonds. The molecule has 0 spiro atoms. The normalized spacial score (nSPS) is 12.2. The molecule has 0 bridgehead atoms. The first-order chi connectivity index (χ1) is 8.71. The third kappa shape index (κ3) is 4.68. The number of carbonyl (C=O) groups excluding carboxylic acids is 1. The van der Waals surface area contributed by atoms with Crippen molar-refractivity contribution in [1.29, 1.82) is 0 Å². The summed E-state index contributed by atoms with van der Waals surface area (Å²) in [6, 6.07) is 7.78. The lowest BCUT2D eigenvalue weighted by Gasteiger charge is -2.14. The van der Waals surface area contributed by atoms with Crippen LogP contribution in [-0.4, -0.2) is 31.4 Å². The van der Waals surface area contributed by atoms with Gasteiger partial charge >= 0.3 is 0 Å². The van der Waals surface area contributed by atoms with Gasteiger partial charge in [-0.3, -0.25) is 4.79 Å². The molecule has 5 heteroatoms. The molecule has 1 atom stereocenters. The summed E-state index contributed by atoms with van der Waals surface area (Å²) in [7, 11) is 1.56. The van der Waals surface area contributed by atoms with Crippen molar-refractivity contribution in [3.63, 3.8) is 0 Å². The maximum atomic E-state index is 11.8. The molecular weight excluding hydrogens is 248 g/mol. The molecule has 0 radical (unpaired) electrons. The smallest absolute Gasteiger partial charge is 0.227 e. The second kappa shape index (κ2) is 8.13. The predicted molar refractivity (Wildman–Crippen MR) is 75.9 cm³/mol. The molecule has 1 rings (SSSR count). The van der Waals surface area contributed by atoms with Gasteiger partial charge in [-0.15, -0.1) is 11.8 Å². The molecule has 0 aliphatic carbocycles. The highest BCUT2D eigenvalue weighted by Gasteiger charge is 2.12. The van der Waals surface area contributed by atoms with Crippen LogP contribution in [0.1, 0.15) is 13.3 Å². The SMILES string of the molecule is CCSc1ccccc1NC(=O)CC(CN)OC. The first-order valence-electron chi connectivity index (χ1n) is 5.95. The van der Waals surface area contributed by atoms with Crippen molar-refractivity contribution in [3.05, 3.63) is 24.3 Å². The number of anilines is 1. The molecule has 0 aliphatic heterocycles. The fraction of sp³-hybridized carbons (Fsp3) is 0.462. The van der Waals surface area contributed by atoms with Gasteiger partial charge in [0.15, 0.2) is 0 Å². The van der Waals surface area contributed by atoms with Crippen LogP contribution < -0.4 is 11.1 Å². The van der Waals surface area contributed by atoms with Gasteiger partial charge in [0.25, 0.3) is 0 Å². The van der Waals surface area contributed by atoms with E-state index in [2.05, 4.69) is 12.2 Å². The molecule has 1 aromatic rings. The number of benzene rings is 1. The summed E-state index contributed by atoms with van der Waals surface area (Å²) in [6.45, 7) is 2.42. The fourth-order valence-corrected chi connectivity index (χ4v) is 2.28. The molecule has 0 aliphatic rings. The Morgan fingerprint density at radius 2 is 2.22 bits per heavy atom. The highest BCUT2D eigenvalue weighted by Crippen LogP contribution is 2.26. The summed E-state index contributed by atoms with van der Waals surface area (Å²) >= 11 is 1.70. The van der Waals surface area contributed by atoms with E-state index in [9.17, 15) is 4.79 Å². The minimum absolute atomic E-state index is 0.0727. The van der Waals surface area contributed by atoms with Crippen LogP contribution in [0.4, 0.5) is 5.69 Å². The molecule has 3 N–H and O–H groups in total. The van der Waals surface area contributed by atoms with E-state index in [-0.39, 0.29) is 18.4 Å². The minimum Gasteiger partial charge on any atom is -0.380 e. The lowest BCUT2D eigenvalue weighted by Crippen LogP contribution is -2.28. The Balaban J connectivity index is 2.63. The van der Waals surface area contributed by atoms with Crippen molar-refractivity contribution in [2.45, 2.75) is 24.3 Å². The molecule has 100 valence electrons. The van der Waals surface area contributed by atoms with Crippen LogP contribution in [0.25, 0.3) is 0 Å². The van der Waals surface area contributed by atoms with Gasteiger partial charge in [0, 0.05) is 18.6 Å². The van der Waals surface area contributed by atoms with E-state index < -0.39 is 0 Å². The Labute approximate surface area is 112 Å². The number of ether oxygens (including phenoxy) is 1. The average molecular weight is 268 g/mol. The van der Waals surface area contributed by atoms with Crippen LogP contribution in [0.2, 0.25) is 0 Å². The van der Waals surface area contributed by atoms with Crippen LogP contribution in [0.15, 0.2) is 29.2 Å². The number of methoxy groups -OCH3 is 1. The Bertz CT molecular complexity index is 381. The number of thioether (sulfide) groups is 1. The van der Waals surface area contributed by atoms with E-state index in [0.717, 1.165) is 16.3 Å². The molecule has 0 aromatic heterocycles. The summed E-state index contributed by atoms with van der Waals surface area (Å²) in [6.07, 6.45) is 0.0500. The lowest BCUT2D eigenvalue weighted by atomic mass is 10.2. The maximum absolute atomic E-state index is 11.8. The van der Waals surface area contributed by atoms with Crippen LogP contribution in [0, 0.1) is 0 Å². The van der Waals surface area contributed by atoms with Crippen LogP contribution in [0.5, 0.6) is 0 Å². The van der Waals surface area contributed by atoms with Crippen molar-refractivity contribution in [2.75, 3.05) is 24.7 Å². The summed E-state index contributed by atoms with van der Waals surface area (Å²) in [5.74, 6) is 0.896. The second-order valence-electron chi connectivity index (χ2n) is 3.77. The third-order valence-corrected chi connectivity index (χ3v) is 3.43. The van der Waals surface area contributed by atoms with Gasteiger partial charge in [0.1, 0.15) is 0 Å².